The van der Waals surface area contributed by atoms with Gasteiger partial charge in [0.15, 0.2) is 5.76 Å². The van der Waals surface area contributed by atoms with Gasteiger partial charge in [-0.3, -0.25) is 14.6 Å². The number of halogens is 1. The third-order valence-electron chi connectivity index (χ3n) is 3.44. The maximum absolute atomic E-state index is 12.0. The zero-order valence-corrected chi connectivity index (χ0v) is 14.4. The standard InChI is InChI=1S/C16H16ClN5O3/c1-3-10-7-14(23)20-16(18-10)22-13(19-15(24)9(2)17)8-11(21-22)12-5-4-6-25-12/h4-9H,3H2,1-2H3,(H,19,24)(H,18,20,23). The van der Waals surface area contributed by atoms with Crippen molar-refractivity contribution in [2.75, 3.05) is 5.32 Å². The third-order valence-corrected chi connectivity index (χ3v) is 3.64. The van der Waals surface area contributed by atoms with Crippen LogP contribution in [0.1, 0.15) is 19.5 Å². The van der Waals surface area contributed by atoms with E-state index in [-0.39, 0.29) is 11.5 Å². The predicted octanol–water partition coefficient (Wildman–Crippen LogP) is 2.34. The highest BCUT2D eigenvalue weighted by Gasteiger charge is 2.18. The highest BCUT2D eigenvalue weighted by atomic mass is 35.5. The molecule has 1 unspecified atom stereocenters. The number of furan rings is 1. The molecule has 9 heteroatoms. The SMILES string of the molecule is CCc1cc(=O)[nH]c(-n2nc(-c3ccco3)cc2NC(=O)C(C)Cl)n1. The minimum absolute atomic E-state index is 0.194. The molecule has 0 fully saturated rings. The van der Waals surface area contributed by atoms with Gasteiger partial charge in [0.05, 0.1) is 6.26 Å². The highest BCUT2D eigenvalue weighted by molar-refractivity contribution is 6.32. The summed E-state index contributed by atoms with van der Waals surface area (Å²) in [5.41, 5.74) is 0.781. The number of hydrogen-bond donors (Lipinski definition) is 2. The van der Waals surface area contributed by atoms with E-state index in [1.807, 2.05) is 6.92 Å². The Bertz CT molecular complexity index is 943. The molecule has 3 rings (SSSR count). The zero-order chi connectivity index (χ0) is 18.0. The summed E-state index contributed by atoms with van der Waals surface area (Å²) in [4.78, 5) is 30.8. The Morgan fingerprint density at radius 2 is 2.28 bits per heavy atom. The van der Waals surface area contributed by atoms with E-state index < -0.39 is 11.3 Å². The fourth-order valence-corrected chi connectivity index (χ4v) is 2.23. The largest absolute Gasteiger partial charge is 0.463 e. The zero-order valence-electron chi connectivity index (χ0n) is 13.6. The summed E-state index contributed by atoms with van der Waals surface area (Å²) < 4.78 is 6.68. The van der Waals surface area contributed by atoms with Crippen LogP contribution in [0.5, 0.6) is 0 Å². The first kappa shape index (κ1) is 17.0. The fourth-order valence-electron chi connectivity index (χ4n) is 2.18. The van der Waals surface area contributed by atoms with Gasteiger partial charge in [-0.15, -0.1) is 11.6 Å². The van der Waals surface area contributed by atoms with Gasteiger partial charge in [-0.2, -0.15) is 9.78 Å². The Morgan fingerprint density at radius 3 is 2.92 bits per heavy atom. The Hall–Kier alpha value is -2.87. The lowest BCUT2D eigenvalue weighted by Gasteiger charge is -2.09. The van der Waals surface area contributed by atoms with Crippen LogP contribution in [0.2, 0.25) is 0 Å². The highest BCUT2D eigenvalue weighted by Crippen LogP contribution is 2.24. The number of rotatable bonds is 5. The van der Waals surface area contributed by atoms with Crippen molar-refractivity contribution < 1.29 is 9.21 Å². The van der Waals surface area contributed by atoms with E-state index in [1.165, 1.54) is 17.0 Å². The second-order valence-corrected chi connectivity index (χ2v) is 5.98. The number of anilines is 1. The molecule has 8 nitrogen and oxygen atoms in total. The molecule has 1 atom stereocenters. The minimum Gasteiger partial charge on any atom is -0.463 e. The molecule has 2 N–H and O–H groups in total. The number of carbonyl (C=O) groups is 1. The van der Waals surface area contributed by atoms with Gasteiger partial charge >= 0.3 is 0 Å². The number of hydrogen-bond acceptors (Lipinski definition) is 5. The van der Waals surface area contributed by atoms with Crippen molar-refractivity contribution in [1.29, 1.82) is 0 Å². The van der Waals surface area contributed by atoms with Crippen molar-refractivity contribution in [3.8, 4) is 17.4 Å². The fraction of sp³-hybridized carbons (Fsp3) is 0.250. The summed E-state index contributed by atoms with van der Waals surface area (Å²) in [6.45, 7) is 3.45. The lowest BCUT2D eigenvalue weighted by molar-refractivity contribution is -0.115. The van der Waals surface area contributed by atoms with Crippen LogP contribution in [0.15, 0.2) is 39.7 Å². The van der Waals surface area contributed by atoms with Crippen molar-refractivity contribution >= 4 is 23.3 Å². The molecule has 25 heavy (non-hydrogen) atoms. The molecule has 0 aliphatic heterocycles. The molecule has 0 aromatic carbocycles. The van der Waals surface area contributed by atoms with Crippen LogP contribution in [0, 0.1) is 0 Å². The van der Waals surface area contributed by atoms with Crippen LogP contribution >= 0.6 is 11.6 Å². The smallest absolute Gasteiger partial charge is 0.252 e. The van der Waals surface area contributed by atoms with E-state index >= 15 is 0 Å². The minimum atomic E-state index is -0.732. The number of aryl methyl sites for hydroxylation is 1. The first-order chi connectivity index (χ1) is 12.0. The van der Waals surface area contributed by atoms with E-state index in [1.54, 1.807) is 25.1 Å². The lowest BCUT2D eigenvalue weighted by atomic mass is 10.3. The first-order valence-corrected chi connectivity index (χ1v) is 8.11. The molecule has 0 bridgehead atoms. The number of amides is 1. The number of aromatic amines is 1. The van der Waals surface area contributed by atoms with Gasteiger partial charge in [-0.1, -0.05) is 6.92 Å². The van der Waals surface area contributed by atoms with Gasteiger partial charge in [-0.25, -0.2) is 4.98 Å². The molecule has 0 saturated carbocycles. The van der Waals surface area contributed by atoms with E-state index in [2.05, 4.69) is 20.4 Å². The maximum atomic E-state index is 12.0. The number of nitrogens with zero attached hydrogens (tertiary/aromatic N) is 3. The van der Waals surface area contributed by atoms with Crippen molar-refractivity contribution in [1.82, 2.24) is 19.7 Å². The third kappa shape index (κ3) is 3.63. The van der Waals surface area contributed by atoms with Crippen LogP contribution in [-0.4, -0.2) is 31.0 Å². The second kappa shape index (κ2) is 6.94. The molecule has 1 amide bonds. The molecule has 0 aliphatic carbocycles. The van der Waals surface area contributed by atoms with Crippen molar-refractivity contribution in [2.45, 2.75) is 25.6 Å². The topological polar surface area (TPSA) is 106 Å². The average Bonchev–Trinajstić information content (AvgIpc) is 3.23. The Morgan fingerprint density at radius 1 is 1.48 bits per heavy atom. The van der Waals surface area contributed by atoms with Crippen molar-refractivity contribution in [2.24, 2.45) is 0 Å². The van der Waals surface area contributed by atoms with Gasteiger partial charge < -0.3 is 9.73 Å². The number of H-pyrrole nitrogens is 1. The number of aromatic nitrogens is 4. The molecule has 0 aliphatic rings. The normalized spacial score (nSPS) is 12.1. The number of nitrogens with one attached hydrogen (secondary N) is 2. The average molecular weight is 362 g/mol. The van der Waals surface area contributed by atoms with Crippen LogP contribution in [-0.2, 0) is 11.2 Å². The van der Waals surface area contributed by atoms with Crippen LogP contribution in [0.3, 0.4) is 0 Å². The molecule has 3 aromatic rings. The molecule has 0 radical (unpaired) electrons. The van der Waals surface area contributed by atoms with Gasteiger partial charge in [0.1, 0.15) is 16.9 Å². The quantitative estimate of drug-likeness (QED) is 0.678. The van der Waals surface area contributed by atoms with Crippen LogP contribution in [0.25, 0.3) is 17.4 Å². The van der Waals surface area contributed by atoms with E-state index in [0.717, 1.165) is 0 Å². The summed E-state index contributed by atoms with van der Waals surface area (Å²) in [5.74, 6) is 0.630. The Kier molecular flexibility index (Phi) is 4.71. The van der Waals surface area contributed by atoms with Gasteiger partial charge in [0.2, 0.25) is 11.9 Å². The molecule has 3 heterocycles. The van der Waals surface area contributed by atoms with Gasteiger partial charge in [0, 0.05) is 17.8 Å². The van der Waals surface area contributed by atoms with Crippen LogP contribution < -0.4 is 10.9 Å². The molecular formula is C16H16ClN5O3. The Labute approximate surface area is 147 Å². The molecule has 130 valence electrons. The van der Waals surface area contributed by atoms with E-state index in [4.69, 9.17) is 16.0 Å². The summed E-state index contributed by atoms with van der Waals surface area (Å²) in [5, 5.41) is 6.33. The second-order valence-electron chi connectivity index (χ2n) is 5.32. The monoisotopic (exact) mass is 361 g/mol. The van der Waals surface area contributed by atoms with E-state index in [0.29, 0.717) is 29.4 Å². The van der Waals surface area contributed by atoms with Gasteiger partial charge in [0.25, 0.3) is 5.56 Å². The molecular weight excluding hydrogens is 346 g/mol. The van der Waals surface area contributed by atoms with Crippen molar-refractivity contribution in [3.63, 3.8) is 0 Å². The first-order valence-electron chi connectivity index (χ1n) is 7.67. The molecule has 0 spiro atoms. The van der Waals surface area contributed by atoms with E-state index in [9.17, 15) is 9.59 Å². The summed E-state index contributed by atoms with van der Waals surface area (Å²) >= 11 is 5.82. The Balaban J connectivity index is 2.11. The summed E-state index contributed by atoms with van der Waals surface area (Å²) in [6.07, 6.45) is 2.11. The predicted molar refractivity (Wildman–Crippen MR) is 93.0 cm³/mol. The maximum Gasteiger partial charge on any atom is 0.252 e. The van der Waals surface area contributed by atoms with Gasteiger partial charge in [-0.05, 0) is 25.5 Å². The van der Waals surface area contributed by atoms with Crippen LogP contribution in [0.4, 0.5) is 5.82 Å². The molecule has 0 saturated heterocycles. The molecule has 3 aromatic heterocycles. The lowest BCUT2D eigenvalue weighted by Crippen LogP contribution is -2.23. The van der Waals surface area contributed by atoms with Crippen molar-refractivity contribution in [3.05, 3.63) is 46.6 Å². The number of carbonyl (C=O) groups excluding carboxylic acids is 1. The number of alkyl halides is 1. The summed E-state index contributed by atoms with van der Waals surface area (Å²) in [7, 11) is 0. The summed E-state index contributed by atoms with van der Waals surface area (Å²) in [6, 6.07) is 6.50.